The molecule has 2 aliphatic rings. The summed E-state index contributed by atoms with van der Waals surface area (Å²) in [7, 11) is 0. The van der Waals surface area contributed by atoms with Crippen LogP contribution in [0.1, 0.15) is 111 Å². The summed E-state index contributed by atoms with van der Waals surface area (Å²) in [5, 5.41) is 0. The lowest BCUT2D eigenvalue weighted by atomic mass is 9.81. The fraction of sp³-hybridized carbons (Fsp3) is 0.920. The normalized spacial score (nSPS) is 24.0. The van der Waals surface area contributed by atoms with Crippen LogP contribution in [0.5, 0.6) is 0 Å². The number of carbonyl (C=O) groups excluding carboxylic acids is 2. The van der Waals surface area contributed by atoms with Gasteiger partial charge in [0, 0.05) is 12.3 Å². The summed E-state index contributed by atoms with van der Waals surface area (Å²) in [4.78, 5) is 27.3. The number of amides is 1. The summed E-state index contributed by atoms with van der Waals surface area (Å²) in [5.41, 5.74) is -0.506. The second-order valence-corrected chi connectivity index (χ2v) is 10.3. The van der Waals surface area contributed by atoms with Crippen molar-refractivity contribution in [3.05, 3.63) is 0 Å². The fourth-order valence-electron chi connectivity index (χ4n) is 4.78. The zero-order valence-electron chi connectivity index (χ0n) is 19.9. The second-order valence-electron chi connectivity index (χ2n) is 10.3. The molecule has 2 atom stereocenters. The number of hydrogen-bond donors (Lipinski definition) is 0. The third kappa shape index (κ3) is 8.56. The van der Waals surface area contributed by atoms with Gasteiger partial charge >= 0.3 is 6.09 Å². The molecule has 0 aromatic heterocycles. The van der Waals surface area contributed by atoms with Crippen LogP contribution in [0.25, 0.3) is 0 Å². The first kappa shape index (κ1) is 25.2. The first-order chi connectivity index (χ1) is 14.3. The van der Waals surface area contributed by atoms with Crippen LogP contribution in [0.3, 0.4) is 0 Å². The average Bonchev–Trinajstić information content (AvgIpc) is 2.66. The summed E-state index contributed by atoms with van der Waals surface area (Å²) >= 11 is 0. The highest BCUT2D eigenvalue weighted by atomic mass is 16.6. The number of piperidine rings is 1. The molecule has 1 amide bonds. The van der Waals surface area contributed by atoms with Crippen LogP contribution >= 0.6 is 0 Å². The zero-order valence-corrected chi connectivity index (χ0v) is 19.9. The first-order valence-corrected chi connectivity index (χ1v) is 12.4. The van der Waals surface area contributed by atoms with Crippen LogP contribution in [0.2, 0.25) is 0 Å². The predicted octanol–water partition coefficient (Wildman–Crippen LogP) is 6.28. The van der Waals surface area contributed by atoms with E-state index < -0.39 is 5.60 Å². The molecule has 2 heterocycles. The average molecular weight is 424 g/mol. The Labute approximate surface area is 184 Å². The Hall–Kier alpha value is -1.10. The van der Waals surface area contributed by atoms with Gasteiger partial charge in [-0.15, -0.1) is 0 Å². The van der Waals surface area contributed by atoms with Crippen molar-refractivity contribution in [2.24, 2.45) is 5.92 Å². The van der Waals surface area contributed by atoms with E-state index in [1.165, 1.54) is 51.4 Å². The van der Waals surface area contributed by atoms with Gasteiger partial charge in [0.05, 0.1) is 25.3 Å². The van der Waals surface area contributed by atoms with Crippen LogP contribution < -0.4 is 0 Å². The van der Waals surface area contributed by atoms with Crippen LogP contribution in [0.15, 0.2) is 0 Å². The van der Waals surface area contributed by atoms with E-state index in [2.05, 4.69) is 6.92 Å². The molecule has 2 bridgehead atoms. The summed E-state index contributed by atoms with van der Waals surface area (Å²) in [6.45, 7) is 8.95. The number of ketones is 1. The third-order valence-electron chi connectivity index (χ3n) is 6.36. The molecule has 0 aromatic rings. The number of hydrogen-bond acceptors (Lipinski definition) is 4. The summed E-state index contributed by atoms with van der Waals surface area (Å²) in [6.07, 6.45) is 14.7. The molecule has 30 heavy (non-hydrogen) atoms. The molecule has 2 rings (SSSR count). The highest BCUT2D eigenvalue weighted by molar-refractivity contribution is 5.81. The maximum absolute atomic E-state index is 12.8. The molecule has 0 spiro atoms. The van der Waals surface area contributed by atoms with Gasteiger partial charge in [0.25, 0.3) is 0 Å². The van der Waals surface area contributed by atoms with Gasteiger partial charge in [-0.2, -0.15) is 0 Å². The van der Waals surface area contributed by atoms with Gasteiger partial charge in [-0.25, -0.2) is 4.79 Å². The molecule has 0 aromatic carbocycles. The van der Waals surface area contributed by atoms with Gasteiger partial charge in [0.2, 0.25) is 0 Å². The number of unbranched alkanes of at least 4 members (excludes halogenated alkanes) is 9. The Morgan fingerprint density at radius 1 is 0.867 bits per heavy atom. The first-order valence-electron chi connectivity index (χ1n) is 12.4. The Balaban J connectivity index is 1.65. The van der Waals surface area contributed by atoms with Crippen molar-refractivity contribution < 1.29 is 19.1 Å². The molecule has 5 heteroatoms. The second kappa shape index (κ2) is 12.7. The highest BCUT2D eigenvalue weighted by Gasteiger charge is 2.44. The predicted molar refractivity (Wildman–Crippen MR) is 121 cm³/mol. The number of ether oxygens (including phenoxy) is 2. The molecule has 2 fully saturated rings. The van der Waals surface area contributed by atoms with E-state index in [1.54, 1.807) is 0 Å². The number of morpholine rings is 1. The van der Waals surface area contributed by atoms with Gasteiger partial charge in [0.15, 0.2) is 0 Å². The van der Waals surface area contributed by atoms with Crippen LogP contribution in [0.4, 0.5) is 4.79 Å². The summed E-state index contributed by atoms with van der Waals surface area (Å²) in [6, 6.07) is -0.0667. The van der Waals surface area contributed by atoms with E-state index in [-0.39, 0.29) is 24.1 Å². The smallest absolute Gasteiger partial charge is 0.410 e. The maximum atomic E-state index is 12.8. The molecule has 0 aliphatic carbocycles. The number of rotatable bonds is 12. The Morgan fingerprint density at radius 3 is 1.87 bits per heavy atom. The highest BCUT2D eigenvalue weighted by Crippen LogP contribution is 2.34. The number of fused-ring (bicyclic) bond motifs is 2. The number of Topliss-reactive ketones (excluding diaryl/α,β-unsaturated/α-hetero) is 1. The molecular formula is C25H45NO4. The number of nitrogens with zero attached hydrogens (tertiary/aromatic N) is 1. The summed E-state index contributed by atoms with van der Waals surface area (Å²) in [5.74, 6) is 0.455. The van der Waals surface area contributed by atoms with Crippen molar-refractivity contribution in [3.63, 3.8) is 0 Å². The lowest BCUT2D eigenvalue weighted by Crippen LogP contribution is -2.60. The van der Waals surface area contributed by atoms with E-state index in [0.717, 1.165) is 12.8 Å². The van der Waals surface area contributed by atoms with E-state index in [9.17, 15) is 9.59 Å². The largest absolute Gasteiger partial charge is 0.444 e. The summed E-state index contributed by atoms with van der Waals surface area (Å²) < 4.78 is 11.3. The van der Waals surface area contributed by atoms with Gasteiger partial charge in [0.1, 0.15) is 11.4 Å². The fourth-order valence-corrected chi connectivity index (χ4v) is 4.78. The molecule has 0 N–H and O–H groups in total. The van der Waals surface area contributed by atoms with E-state index >= 15 is 0 Å². The van der Waals surface area contributed by atoms with Crippen LogP contribution in [-0.2, 0) is 14.3 Å². The van der Waals surface area contributed by atoms with Crippen molar-refractivity contribution in [2.45, 2.75) is 129 Å². The minimum atomic E-state index is -0.506. The Morgan fingerprint density at radius 2 is 1.37 bits per heavy atom. The molecule has 174 valence electrons. The van der Waals surface area contributed by atoms with Crippen molar-refractivity contribution in [1.82, 2.24) is 4.90 Å². The SMILES string of the molecule is CCCCCCCCCCCCC(=O)C1CC2COCC(C1)N2C(=O)OC(C)(C)C. The van der Waals surface area contributed by atoms with Gasteiger partial charge in [-0.05, 0) is 40.0 Å². The van der Waals surface area contributed by atoms with Gasteiger partial charge in [-0.3, -0.25) is 9.69 Å². The Bertz CT molecular complexity index is 514. The quantitative estimate of drug-likeness (QED) is 0.347. The molecular weight excluding hydrogens is 378 g/mol. The minimum absolute atomic E-state index is 0.0333. The molecule has 0 radical (unpaired) electrons. The van der Waals surface area contributed by atoms with E-state index in [0.29, 0.717) is 38.3 Å². The topological polar surface area (TPSA) is 55.8 Å². The molecule has 0 saturated carbocycles. The third-order valence-corrected chi connectivity index (χ3v) is 6.36. The van der Waals surface area contributed by atoms with Crippen LogP contribution in [0, 0.1) is 5.92 Å². The molecule has 2 aliphatic heterocycles. The van der Waals surface area contributed by atoms with Crippen molar-refractivity contribution in [2.75, 3.05) is 13.2 Å². The number of carbonyl (C=O) groups is 2. The van der Waals surface area contributed by atoms with Gasteiger partial charge < -0.3 is 9.47 Å². The van der Waals surface area contributed by atoms with E-state index in [1.807, 2.05) is 25.7 Å². The minimum Gasteiger partial charge on any atom is -0.444 e. The van der Waals surface area contributed by atoms with Crippen molar-refractivity contribution in [3.8, 4) is 0 Å². The van der Waals surface area contributed by atoms with Crippen molar-refractivity contribution in [1.29, 1.82) is 0 Å². The molecule has 5 nitrogen and oxygen atoms in total. The van der Waals surface area contributed by atoms with Gasteiger partial charge in [-0.1, -0.05) is 64.7 Å². The lowest BCUT2D eigenvalue weighted by molar-refractivity contribution is -0.132. The van der Waals surface area contributed by atoms with Crippen molar-refractivity contribution >= 4 is 11.9 Å². The van der Waals surface area contributed by atoms with E-state index in [4.69, 9.17) is 9.47 Å². The lowest BCUT2D eigenvalue weighted by Gasteiger charge is -2.47. The monoisotopic (exact) mass is 423 g/mol. The zero-order chi connectivity index (χ0) is 22.0. The Kier molecular flexibility index (Phi) is 10.6. The van der Waals surface area contributed by atoms with Crippen LogP contribution in [-0.4, -0.2) is 47.7 Å². The molecule has 2 unspecified atom stereocenters. The maximum Gasteiger partial charge on any atom is 0.410 e. The molecule has 2 saturated heterocycles. The standard InChI is InChI=1S/C25H45NO4/c1-5-6-7-8-9-10-11-12-13-14-15-23(27)20-16-21-18-29-19-22(17-20)26(21)24(28)30-25(2,3)4/h20-22H,5-19H2,1-4H3.